The van der Waals surface area contributed by atoms with Gasteiger partial charge in [-0.1, -0.05) is 30.3 Å². The van der Waals surface area contributed by atoms with E-state index < -0.39 is 0 Å². The molecule has 0 fully saturated rings. The SMILES string of the molecule is CC1=C(C(=O)Nc2cc(C(=O)N[C@@H]3CCCc4ccccc43)ccc2C)SCCO1. The van der Waals surface area contributed by atoms with Gasteiger partial charge in [-0.25, -0.2) is 0 Å². The van der Waals surface area contributed by atoms with Crippen LogP contribution in [0.5, 0.6) is 0 Å². The second-order valence-electron chi connectivity index (χ2n) is 7.68. The minimum absolute atomic E-state index is 0.0189. The van der Waals surface area contributed by atoms with Gasteiger partial charge in [-0.05, 0) is 61.9 Å². The maximum Gasteiger partial charge on any atom is 0.265 e. The van der Waals surface area contributed by atoms with Gasteiger partial charge >= 0.3 is 0 Å². The number of aryl methyl sites for hydroxylation is 2. The fraction of sp³-hybridized carbons (Fsp3) is 0.333. The summed E-state index contributed by atoms with van der Waals surface area (Å²) in [7, 11) is 0. The Morgan fingerprint density at radius 1 is 1.10 bits per heavy atom. The lowest BCUT2D eigenvalue weighted by atomic mass is 9.87. The van der Waals surface area contributed by atoms with Gasteiger partial charge < -0.3 is 15.4 Å². The summed E-state index contributed by atoms with van der Waals surface area (Å²) in [6.45, 7) is 4.34. The fourth-order valence-corrected chi connectivity index (χ4v) is 4.77. The Labute approximate surface area is 181 Å². The van der Waals surface area contributed by atoms with Gasteiger partial charge in [0.25, 0.3) is 11.8 Å². The molecule has 1 atom stereocenters. The Morgan fingerprint density at radius 3 is 2.77 bits per heavy atom. The average Bonchev–Trinajstić information content (AvgIpc) is 2.75. The van der Waals surface area contributed by atoms with Crippen LogP contribution in [0.25, 0.3) is 0 Å². The molecule has 2 N–H and O–H groups in total. The van der Waals surface area contributed by atoms with Gasteiger partial charge in [-0.15, -0.1) is 11.8 Å². The molecule has 0 unspecified atom stereocenters. The van der Waals surface area contributed by atoms with E-state index in [1.54, 1.807) is 19.1 Å². The predicted octanol–water partition coefficient (Wildman–Crippen LogP) is 4.74. The molecule has 2 aromatic carbocycles. The summed E-state index contributed by atoms with van der Waals surface area (Å²) in [6.07, 6.45) is 3.05. The molecular formula is C24H26N2O3S. The minimum atomic E-state index is -0.195. The Kier molecular flexibility index (Phi) is 6.13. The van der Waals surface area contributed by atoms with E-state index in [4.69, 9.17) is 4.74 Å². The fourth-order valence-electron chi connectivity index (χ4n) is 3.95. The van der Waals surface area contributed by atoms with Gasteiger partial charge in [0.1, 0.15) is 10.7 Å². The number of amides is 2. The summed E-state index contributed by atoms with van der Waals surface area (Å²) in [5, 5.41) is 6.12. The molecule has 2 aliphatic rings. The van der Waals surface area contributed by atoms with Crippen molar-refractivity contribution in [1.29, 1.82) is 0 Å². The number of fused-ring (bicyclic) bond motifs is 1. The molecule has 4 rings (SSSR count). The zero-order valence-electron chi connectivity index (χ0n) is 17.3. The number of carbonyl (C=O) groups excluding carboxylic acids is 2. The molecule has 1 heterocycles. The highest BCUT2D eigenvalue weighted by atomic mass is 32.2. The quantitative estimate of drug-likeness (QED) is 0.747. The number of ether oxygens (including phenoxy) is 1. The van der Waals surface area contributed by atoms with E-state index >= 15 is 0 Å². The van der Waals surface area contributed by atoms with Crippen LogP contribution in [0, 0.1) is 6.92 Å². The van der Waals surface area contributed by atoms with Gasteiger partial charge in [-0.2, -0.15) is 0 Å². The van der Waals surface area contributed by atoms with E-state index in [0.29, 0.717) is 28.5 Å². The van der Waals surface area contributed by atoms with Gasteiger partial charge in [0.2, 0.25) is 0 Å². The third-order valence-electron chi connectivity index (χ3n) is 5.60. The third kappa shape index (κ3) is 4.38. The number of carbonyl (C=O) groups is 2. The van der Waals surface area contributed by atoms with Crippen LogP contribution in [0.15, 0.2) is 53.1 Å². The summed E-state index contributed by atoms with van der Waals surface area (Å²) >= 11 is 1.50. The van der Waals surface area contributed by atoms with Crippen molar-refractivity contribution in [2.24, 2.45) is 0 Å². The summed E-state index contributed by atoms with van der Waals surface area (Å²) in [5.41, 5.74) is 4.60. The van der Waals surface area contributed by atoms with E-state index in [9.17, 15) is 9.59 Å². The molecule has 1 aliphatic carbocycles. The molecule has 5 nitrogen and oxygen atoms in total. The second-order valence-corrected chi connectivity index (χ2v) is 8.79. The summed E-state index contributed by atoms with van der Waals surface area (Å²) in [4.78, 5) is 26.3. The smallest absolute Gasteiger partial charge is 0.265 e. The van der Waals surface area contributed by atoms with Gasteiger partial charge in [0.15, 0.2) is 0 Å². The van der Waals surface area contributed by atoms with E-state index in [2.05, 4.69) is 22.8 Å². The first kappa shape index (κ1) is 20.5. The molecular weight excluding hydrogens is 396 g/mol. The Hall–Kier alpha value is -2.73. The Balaban J connectivity index is 1.50. The van der Waals surface area contributed by atoms with Crippen molar-refractivity contribution in [3.8, 4) is 0 Å². The number of anilines is 1. The Morgan fingerprint density at radius 2 is 1.93 bits per heavy atom. The molecule has 2 amide bonds. The average molecular weight is 423 g/mol. The van der Waals surface area contributed by atoms with Crippen LogP contribution in [0.1, 0.15) is 52.9 Å². The first-order valence-electron chi connectivity index (χ1n) is 10.3. The number of hydrogen-bond acceptors (Lipinski definition) is 4. The maximum atomic E-state index is 13.0. The largest absolute Gasteiger partial charge is 0.496 e. The van der Waals surface area contributed by atoms with E-state index in [1.807, 2.05) is 25.1 Å². The van der Waals surface area contributed by atoms with Crippen molar-refractivity contribution in [1.82, 2.24) is 5.32 Å². The van der Waals surface area contributed by atoms with Crippen LogP contribution in [0.2, 0.25) is 0 Å². The highest BCUT2D eigenvalue weighted by Gasteiger charge is 2.23. The lowest BCUT2D eigenvalue weighted by Crippen LogP contribution is -2.31. The molecule has 0 saturated carbocycles. The van der Waals surface area contributed by atoms with Crippen LogP contribution >= 0.6 is 11.8 Å². The zero-order valence-corrected chi connectivity index (χ0v) is 18.1. The number of nitrogens with one attached hydrogen (secondary N) is 2. The van der Waals surface area contributed by atoms with Crippen molar-refractivity contribution in [2.75, 3.05) is 17.7 Å². The monoisotopic (exact) mass is 422 g/mol. The molecule has 0 spiro atoms. The van der Waals surface area contributed by atoms with Crippen LogP contribution < -0.4 is 10.6 Å². The first-order chi connectivity index (χ1) is 14.5. The molecule has 0 aromatic heterocycles. The maximum absolute atomic E-state index is 13.0. The topological polar surface area (TPSA) is 67.4 Å². The molecule has 2 aromatic rings. The lowest BCUT2D eigenvalue weighted by molar-refractivity contribution is -0.112. The van der Waals surface area contributed by atoms with Crippen LogP contribution in [-0.4, -0.2) is 24.2 Å². The highest BCUT2D eigenvalue weighted by Crippen LogP contribution is 2.30. The Bertz CT molecular complexity index is 1020. The van der Waals surface area contributed by atoms with Gasteiger partial charge in [0, 0.05) is 17.0 Å². The molecule has 156 valence electrons. The molecule has 0 radical (unpaired) electrons. The van der Waals surface area contributed by atoms with Crippen molar-refractivity contribution < 1.29 is 14.3 Å². The van der Waals surface area contributed by atoms with E-state index in [-0.39, 0.29) is 17.9 Å². The van der Waals surface area contributed by atoms with Crippen molar-refractivity contribution in [3.63, 3.8) is 0 Å². The van der Waals surface area contributed by atoms with Crippen molar-refractivity contribution >= 4 is 29.3 Å². The molecule has 6 heteroatoms. The standard InChI is InChI=1S/C24H26N2O3S/c1-15-10-11-18(14-21(15)26-24(28)22-16(2)29-12-13-30-22)23(27)25-20-9-5-7-17-6-3-4-8-19(17)20/h3-4,6,8,10-11,14,20H,5,7,9,12-13H2,1-2H3,(H,25,27)(H,26,28)/t20-/m1/s1. The number of benzene rings is 2. The highest BCUT2D eigenvalue weighted by molar-refractivity contribution is 8.04. The molecule has 0 saturated heterocycles. The molecule has 0 bridgehead atoms. The minimum Gasteiger partial charge on any atom is -0.496 e. The van der Waals surface area contributed by atoms with E-state index in [0.717, 1.165) is 30.6 Å². The van der Waals surface area contributed by atoms with Crippen molar-refractivity contribution in [2.45, 2.75) is 39.2 Å². The number of hydrogen-bond donors (Lipinski definition) is 2. The van der Waals surface area contributed by atoms with Crippen LogP contribution in [0.4, 0.5) is 5.69 Å². The first-order valence-corrected chi connectivity index (χ1v) is 11.3. The lowest BCUT2D eigenvalue weighted by Gasteiger charge is -2.26. The summed E-state index contributed by atoms with van der Waals surface area (Å²) in [5.74, 6) is 1.08. The van der Waals surface area contributed by atoms with E-state index in [1.165, 1.54) is 22.9 Å². The number of allylic oxidation sites excluding steroid dienone is 1. The van der Waals surface area contributed by atoms with Crippen molar-refractivity contribution in [3.05, 3.63) is 75.4 Å². The molecule has 30 heavy (non-hydrogen) atoms. The number of thioether (sulfide) groups is 1. The van der Waals surface area contributed by atoms with Crippen LogP contribution in [-0.2, 0) is 16.0 Å². The second kappa shape index (κ2) is 8.96. The normalized spacial score (nSPS) is 18.3. The van der Waals surface area contributed by atoms with Gasteiger partial charge in [-0.3, -0.25) is 9.59 Å². The number of rotatable bonds is 4. The third-order valence-corrected chi connectivity index (χ3v) is 6.73. The van der Waals surface area contributed by atoms with Crippen LogP contribution in [0.3, 0.4) is 0 Å². The molecule has 1 aliphatic heterocycles. The summed E-state index contributed by atoms with van der Waals surface area (Å²) in [6, 6.07) is 13.7. The van der Waals surface area contributed by atoms with Gasteiger partial charge in [0.05, 0.1) is 12.6 Å². The zero-order chi connectivity index (χ0) is 21.1. The predicted molar refractivity (Wildman–Crippen MR) is 121 cm³/mol. The summed E-state index contributed by atoms with van der Waals surface area (Å²) < 4.78 is 5.49.